The summed E-state index contributed by atoms with van der Waals surface area (Å²) in [6.07, 6.45) is 0. The maximum atomic E-state index is 13.9. The van der Waals surface area contributed by atoms with E-state index < -0.39 is 5.82 Å². The highest BCUT2D eigenvalue weighted by molar-refractivity contribution is 5.31. The number of hydrogen-bond donors (Lipinski definition) is 1. The number of nitrogen functional groups attached to an aromatic ring is 1. The fourth-order valence-corrected chi connectivity index (χ4v) is 1.58. The Morgan fingerprint density at radius 3 is 2.89 bits per heavy atom. The second-order valence-corrected chi connectivity index (χ2v) is 3.69. The quantitative estimate of drug-likeness (QED) is 0.881. The highest BCUT2D eigenvalue weighted by Gasteiger charge is 2.10. The van der Waals surface area contributed by atoms with Gasteiger partial charge in [0.1, 0.15) is 5.82 Å². The normalized spacial score (nSPS) is 10.3. The third-order valence-electron chi connectivity index (χ3n) is 2.47. The average molecular weight is 249 g/mol. The number of halogens is 1. The molecule has 2 aromatic rings. The lowest BCUT2D eigenvalue weighted by Gasteiger charge is -2.08. The molecule has 0 saturated heterocycles. The van der Waals surface area contributed by atoms with Crippen LogP contribution in [0.2, 0.25) is 0 Å². The molecule has 0 atom stereocenters. The molecule has 0 unspecified atom stereocenters. The molecule has 1 aromatic carbocycles. The Bertz CT molecular complexity index is 625. The number of aromatic nitrogens is 2. The van der Waals surface area contributed by atoms with Crippen LogP contribution in [0.1, 0.15) is 5.56 Å². The van der Waals surface area contributed by atoms with Crippen LogP contribution in [0.5, 0.6) is 5.75 Å². The molecular formula is C12H12FN3O2. The smallest absolute Gasteiger partial charge is 0.267 e. The van der Waals surface area contributed by atoms with Crippen LogP contribution in [-0.2, 0) is 6.54 Å². The Balaban J connectivity index is 2.40. The third-order valence-corrected chi connectivity index (χ3v) is 2.47. The molecular weight excluding hydrogens is 237 g/mol. The molecule has 0 amide bonds. The predicted octanol–water partition coefficient (Wildman–Crippen LogP) is 1.02. The highest BCUT2D eigenvalue weighted by Crippen LogP contribution is 2.20. The molecule has 2 rings (SSSR count). The van der Waals surface area contributed by atoms with Gasteiger partial charge >= 0.3 is 0 Å². The lowest BCUT2D eigenvalue weighted by atomic mass is 10.2. The fraction of sp³-hybridized carbons (Fsp3) is 0.167. The maximum Gasteiger partial charge on any atom is 0.267 e. The van der Waals surface area contributed by atoms with Gasteiger partial charge in [0, 0.05) is 11.6 Å². The molecule has 0 aliphatic rings. The minimum absolute atomic E-state index is 0.00685. The summed E-state index contributed by atoms with van der Waals surface area (Å²) in [6, 6.07) is 7.42. The lowest BCUT2D eigenvalue weighted by molar-refractivity contribution is 0.383. The van der Waals surface area contributed by atoms with Gasteiger partial charge in [0.15, 0.2) is 11.6 Å². The van der Waals surface area contributed by atoms with E-state index in [-0.39, 0.29) is 23.7 Å². The third kappa shape index (κ3) is 2.32. The van der Waals surface area contributed by atoms with Crippen molar-refractivity contribution in [2.75, 3.05) is 12.8 Å². The minimum Gasteiger partial charge on any atom is -0.494 e. The molecule has 18 heavy (non-hydrogen) atoms. The van der Waals surface area contributed by atoms with E-state index >= 15 is 0 Å². The Morgan fingerprint density at radius 1 is 1.39 bits per heavy atom. The summed E-state index contributed by atoms with van der Waals surface area (Å²) < 4.78 is 19.9. The molecule has 94 valence electrons. The summed E-state index contributed by atoms with van der Waals surface area (Å²) in [6.45, 7) is 0.00685. The summed E-state index contributed by atoms with van der Waals surface area (Å²) in [7, 11) is 1.38. The molecule has 0 saturated carbocycles. The van der Waals surface area contributed by atoms with Crippen molar-refractivity contribution in [1.29, 1.82) is 0 Å². The second kappa shape index (κ2) is 4.87. The van der Waals surface area contributed by atoms with Gasteiger partial charge in [0.2, 0.25) is 0 Å². The van der Waals surface area contributed by atoms with Crippen molar-refractivity contribution >= 4 is 5.82 Å². The predicted molar refractivity (Wildman–Crippen MR) is 65.0 cm³/mol. The van der Waals surface area contributed by atoms with Gasteiger partial charge in [0.05, 0.1) is 13.7 Å². The number of ether oxygens (including phenoxy) is 1. The molecule has 0 bridgehead atoms. The number of methoxy groups -OCH3 is 1. The van der Waals surface area contributed by atoms with Crippen molar-refractivity contribution in [3.05, 3.63) is 52.1 Å². The van der Waals surface area contributed by atoms with Crippen LogP contribution in [0.15, 0.2) is 35.1 Å². The Labute approximate surface area is 103 Å². The standard InChI is InChI=1S/C12H12FN3O2/c1-18-9-4-2-3-8(12(9)13)7-16-11(17)6-5-10(14)15-16/h2-6H,7H2,1H3,(H2,14,15). The Kier molecular flexibility index (Phi) is 3.27. The number of nitrogens with two attached hydrogens (primary N) is 1. The van der Waals surface area contributed by atoms with Crippen molar-refractivity contribution in [1.82, 2.24) is 9.78 Å². The molecule has 5 nitrogen and oxygen atoms in total. The van der Waals surface area contributed by atoms with Crippen LogP contribution in [0.25, 0.3) is 0 Å². The molecule has 1 aromatic heterocycles. The van der Waals surface area contributed by atoms with Gasteiger partial charge in [-0.3, -0.25) is 4.79 Å². The Hall–Kier alpha value is -2.37. The summed E-state index contributed by atoms with van der Waals surface area (Å²) in [5.74, 6) is -0.168. The van der Waals surface area contributed by atoms with Crippen LogP contribution in [0.4, 0.5) is 10.2 Å². The van der Waals surface area contributed by atoms with E-state index in [2.05, 4.69) is 5.10 Å². The van der Waals surface area contributed by atoms with Gasteiger partial charge in [-0.1, -0.05) is 12.1 Å². The van der Waals surface area contributed by atoms with E-state index in [9.17, 15) is 9.18 Å². The average Bonchev–Trinajstić information content (AvgIpc) is 2.36. The van der Waals surface area contributed by atoms with E-state index in [4.69, 9.17) is 10.5 Å². The van der Waals surface area contributed by atoms with E-state index in [0.29, 0.717) is 5.56 Å². The largest absolute Gasteiger partial charge is 0.494 e. The molecule has 0 radical (unpaired) electrons. The SMILES string of the molecule is COc1cccc(Cn2nc(N)ccc2=O)c1F. The Morgan fingerprint density at radius 2 is 2.17 bits per heavy atom. The first-order chi connectivity index (χ1) is 8.61. The van der Waals surface area contributed by atoms with Crippen molar-refractivity contribution in [3.63, 3.8) is 0 Å². The van der Waals surface area contributed by atoms with Gasteiger partial charge in [-0.15, -0.1) is 0 Å². The van der Waals surface area contributed by atoms with Crippen molar-refractivity contribution in [2.45, 2.75) is 6.54 Å². The zero-order chi connectivity index (χ0) is 13.1. The molecule has 1 heterocycles. The monoisotopic (exact) mass is 249 g/mol. The maximum absolute atomic E-state index is 13.9. The first kappa shape index (κ1) is 12.1. The van der Waals surface area contributed by atoms with Crippen LogP contribution < -0.4 is 16.0 Å². The fourth-order valence-electron chi connectivity index (χ4n) is 1.58. The van der Waals surface area contributed by atoms with Crippen molar-refractivity contribution in [2.24, 2.45) is 0 Å². The minimum atomic E-state index is -0.504. The summed E-state index contributed by atoms with van der Waals surface area (Å²) in [5.41, 5.74) is 5.46. The molecule has 2 N–H and O–H groups in total. The van der Waals surface area contributed by atoms with E-state index in [1.165, 1.54) is 25.3 Å². The van der Waals surface area contributed by atoms with E-state index in [0.717, 1.165) is 4.68 Å². The highest BCUT2D eigenvalue weighted by atomic mass is 19.1. The van der Waals surface area contributed by atoms with Crippen molar-refractivity contribution < 1.29 is 9.13 Å². The van der Waals surface area contributed by atoms with Crippen LogP contribution in [0, 0.1) is 5.82 Å². The molecule has 0 fully saturated rings. The van der Waals surface area contributed by atoms with Crippen LogP contribution in [0.3, 0.4) is 0 Å². The molecule has 0 aliphatic carbocycles. The van der Waals surface area contributed by atoms with Gasteiger partial charge < -0.3 is 10.5 Å². The molecule has 0 spiro atoms. The molecule has 6 heteroatoms. The number of benzene rings is 1. The van der Waals surface area contributed by atoms with Gasteiger partial charge in [-0.05, 0) is 12.1 Å². The zero-order valence-electron chi connectivity index (χ0n) is 9.76. The first-order valence-electron chi connectivity index (χ1n) is 5.27. The number of anilines is 1. The van der Waals surface area contributed by atoms with Crippen LogP contribution >= 0.6 is 0 Å². The second-order valence-electron chi connectivity index (χ2n) is 3.69. The lowest BCUT2D eigenvalue weighted by Crippen LogP contribution is -2.23. The topological polar surface area (TPSA) is 70.1 Å². The first-order valence-corrected chi connectivity index (χ1v) is 5.27. The van der Waals surface area contributed by atoms with E-state index in [1.54, 1.807) is 12.1 Å². The van der Waals surface area contributed by atoms with E-state index in [1.807, 2.05) is 0 Å². The number of nitrogens with zero attached hydrogens (tertiary/aromatic N) is 2. The van der Waals surface area contributed by atoms with Gasteiger partial charge in [0.25, 0.3) is 5.56 Å². The van der Waals surface area contributed by atoms with Gasteiger partial charge in [-0.25, -0.2) is 9.07 Å². The van der Waals surface area contributed by atoms with Gasteiger partial charge in [-0.2, -0.15) is 5.10 Å². The number of rotatable bonds is 3. The van der Waals surface area contributed by atoms with Crippen molar-refractivity contribution in [3.8, 4) is 5.75 Å². The molecule has 0 aliphatic heterocycles. The zero-order valence-corrected chi connectivity index (χ0v) is 9.76. The summed E-state index contributed by atoms with van der Waals surface area (Å²) >= 11 is 0. The summed E-state index contributed by atoms with van der Waals surface area (Å²) in [4.78, 5) is 11.5. The summed E-state index contributed by atoms with van der Waals surface area (Å²) in [5, 5.41) is 3.84. The van der Waals surface area contributed by atoms with Crippen LogP contribution in [-0.4, -0.2) is 16.9 Å². The number of hydrogen-bond acceptors (Lipinski definition) is 4.